The summed E-state index contributed by atoms with van der Waals surface area (Å²) in [5, 5.41) is 37.9. The molecule has 7 aromatic carbocycles. The number of pyridine rings is 1. The molecule has 0 spiro atoms. The van der Waals surface area contributed by atoms with Crippen LogP contribution in [-0.2, 0) is 53.5 Å². The maximum atomic E-state index is 15.0. The van der Waals surface area contributed by atoms with Crippen molar-refractivity contribution in [3.63, 3.8) is 0 Å². The molecule has 14 aromatic rings. The van der Waals surface area contributed by atoms with Crippen molar-refractivity contribution in [2.75, 3.05) is 37.8 Å². The molecular formula is C97H101Cl6N13O8. The number of aromatic carboxylic acids is 1. The number of benzene rings is 7. The van der Waals surface area contributed by atoms with Crippen molar-refractivity contribution in [2.45, 2.75) is 167 Å². The number of halogens is 6. The number of aromatic nitrogens is 10. The van der Waals surface area contributed by atoms with Gasteiger partial charge in [-0.2, -0.15) is 15.3 Å². The van der Waals surface area contributed by atoms with Gasteiger partial charge in [0, 0.05) is 153 Å². The molecular weight excluding hydrogens is 1690 g/mol. The van der Waals surface area contributed by atoms with Crippen molar-refractivity contribution < 1.29 is 38.5 Å². The molecule has 3 aliphatic rings. The van der Waals surface area contributed by atoms with E-state index in [4.69, 9.17) is 88.9 Å². The van der Waals surface area contributed by atoms with Crippen LogP contribution in [0.2, 0.25) is 30.1 Å². The lowest BCUT2D eigenvalue weighted by atomic mass is 9.98. The highest BCUT2D eigenvalue weighted by molar-refractivity contribution is 6.37. The van der Waals surface area contributed by atoms with Crippen molar-refractivity contribution in [1.82, 2.24) is 58.7 Å². The standard InChI is InChI=1S/C39H37Cl2N5O4.2C29H32Cl2N4O2/c1-21-19-25(20-22(2)34(21)41)50-18-7-10-26-27-11-13-30(40)33(32-23(3)43-44(5)24(32)4)36(27)46-17-8-16-45(38(47)37(26)46)31-14-12-29(39(48)49)35-28(31)9-6-15-42-35;1-15-12-20(13-16(2)26(15)31)37-11-7-8-21-22-9-10-23(30)25(24-18(4)33-34(6)19(24)5)27(22)35-14-17(3)32-29(36)28(21)35;1-15-12-20(13-16(2)26(15)31)37-11-7-8-21-22-9-10-23(30)25(24-18(4)33-34(6)19(24)5)27(22)35-17(3)14-32-29(36)28(21)35/h6,9,11-15,19-20H,7-8,10,16-18H2,1-5H3,(H,48,49);2*9-10,12-13,17H,7-8,11,14H2,1-6H3,(H,32,36)/t;2*17-/m.00/s1. The Balaban J connectivity index is 0.000000147. The molecule has 10 heterocycles. The Kier molecular flexibility index (Phi) is 25.4. The van der Waals surface area contributed by atoms with Gasteiger partial charge in [-0.05, 0) is 271 Å². The Bertz CT molecular complexity index is 6630. The van der Waals surface area contributed by atoms with Gasteiger partial charge in [-0.15, -0.1) is 0 Å². The molecule has 0 unspecified atom stereocenters. The van der Waals surface area contributed by atoms with Crippen LogP contribution in [0.15, 0.2) is 103 Å². The van der Waals surface area contributed by atoms with Crippen molar-refractivity contribution in [3.8, 4) is 50.6 Å². The second kappa shape index (κ2) is 35.7. The largest absolute Gasteiger partial charge is 0.494 e. The zero-order chi connectivity index (χ0) is 88.6. The molecule has 7 aromatic heterocycles. The number of anilines is 1. The molecule has 3 aliphatic heterocycles. The summed E-state index contributed by atoms with van der Waals surface area (Å²) < 4.78 is 30.4. The maximum Gasteiger partial charge on any atom is 0.337 e. The van der Waals surface area contributed by atoms with Gasteiger partial charge < -0.3 is 48.6 Å². The number of hydrogen-bond donors (Lipinski definition) is 3. The lowest BCUT2D eigenvalue weighted by Gasteiger charge is -2.25. The van der Waals surface area contributed by atoms with E-state index >= 15 is 0 Å². The summed E-state index contributed by atoms with van der Waals surface area (Å²) in [6, 6.07) is 30.6. The Morgan fingerprint density at radius 2 is 0.895 bits per heavy atom. The molecule has 3 amide bonds. The number of nitrogens with one attached hydrogen (secondary N) is 2. The van der Waals surface area contributed by atoms with E-state index in [-0.39, 0.29) is 35.4 Å². The van der Waals surface area contributed by atoms with Gasteiger partial charge in [0.25, 0.3) is 17.7 Å². The first kappa shape index (κ1) is 88.1. The molecule has 0 saturated carbocycles. The van der Waals surface area contributed by atoms with Gasteiger partial charge in [-0.1, -0.05) is 87.8 Å². The van der Waals surface area contributed by atoms with E-state index in [1.165, 1.54) is 6.07 Å². The summed E-state index contributed by atoms with van der Waals surface area (Å²) in [5.74, 6) is 1.06. The molecule has 27 heteroatoms. The fourth-order valence-corrected chi connectivity index (χ4v) is 19.7. The second-order valence-electron chi connectivity index (χ2n) is 33.1. The molecule has 17 rings (SSSR count). The summed E-state index contributed by atoms with van der Waals surface area (Å²) in [5.41, 5.74) is 26.4. The second-order valence-corrected chi connectivity index (χ2v) is 35.5. The van der Waals surface area contributed by atoms with Gasteiger partial charge in [0.05, 0.1) is 85.3 Å². The first-order valence-electron chi connectivity index (χ1n) is 41.9. The molecule has 644 valence electrons. The van der Waals surface area contributed by atoms with Crippen LogP contribution in [0.25, 0.3) is 77.0 Å². The van der Waals surface area contributed by atoms with Gasteiger partial charge in [0.1, 0.15) is 34.3 Å². The predicted molar refractivity (Wildman–Crippen MR) is 499 cm³/mol. The van der Waals surface area contributed by atoms with Crippen LogP contribution in [0.4, 0.5) is 5.69 Å². The third-order valence-electron chi connectivity index (χ3n) is 24.5. The molecule has 21 nitrogen and oxygen atoms in total. The van der Waals surface area contributed by atoms with Crippen LogP contribution >= 0.6 is 69.6 Å². The third kappa shape index (κ3) is 16.3. The topological polar surface area (TPSA) is 225 Å². The van der Waals surface area contributed by atoms with E-state index in [9.17, 15) is 24.3 Å². The lowest BCUT2D eigenvalue weighted by Crippen LogP contribution is -2.42. The van der Waals surface area contributed by atoms with Crippen LogP contribution in [0.1, 0.15) is 172 Å². The average molecular weight is 1790 g/mol. The summed E-state index contributed by atoms with van der Waals surface area (Å²) >= 11 is 39.8. The normalized spacial score (nSPS) is 14.4. The van der Waals surface area contributed by atoms with Crippen LogP contribution in [0, 0.1) is 83.1 Å². The van der Waals surface area contributed by atoms with Gasteiger partial charge >= 0.3 is 5.97 Å². The molecule has 0 saturated heterocycles. The Morgan fingerprint density at radius 3 is 1.32 bits per heavy atom. The Morgan fingerprint density at radius 1 is 0.484 bits per heavy atom. The number of carboxylic acids is 1. The van der Waals surface area contributed by atoms with Crippen molar-refractivity contribution in [1.29, 1.82) is 0 Å². The monoisotopic (exact) mass is 1790 g/mol. The zero-order valence-corrected chi connectivity index (χ0v) is 77.4. The van der Waals surface area contributed by atoms with Crippen LogP contribution in [-0.4, -0.2) is 116 Å². The molecule has 0 bridgehead atoms. The number of carbonyl (C=O) groups excluding carboxylic acids is 3. The van der Waals surface area contributed by atoms with E-state index in [0.717, 1.165) is 201 Å². The molecule has 0 radical (unpaired) electrons. The van der Waals surface area contributed by atoms with E-state index in [0.29, 0.717) is 121 Å². The Labute approximate surface area is 751 Å². The fraction of sp³-hybridized carbons (Fsp3) is 0.340. The molecule has 3 N–H and O–H groups in total. The summed E-state index contributed by atoms with van der Waals surface area (Å²) in [6.07, 6.45) is 6.41. The zero-order valence-electron chi connectivity index (χ0n) is 72.9. The highest BCUT2D eigenvalue weighted by Crippen LogP contribution is 2.48. The van der Waals surface area contributed by atoms with Gasteiger partial charge in [-0.3, -0.25) is 33.4 Å². The van der Waals surface area contributed by atoms with E-state index in [2.05, 4.69) is 66.4 Å². The fourth-order valence-electron chi connectivity index (χ4n) is 18.6. The van der Waals surface area contributed by atoms with Gasteiger partial charge in [-0.25, -0.2) is 4.79 Å². The third-order valence-corrected chi connectivity index (χ3v) is 27.3. The smallest absolute Gasteiger partial charge is 0.337 e. The predicted octanol–water partition coefficient (Wildman–Crippen LogP) is 22.5. The number of nitrogens with zero attached hydrogens (tertiary/aromatic N) is 11. The number of hydrogen-bond acceptors (Lipinski definition) is 11. The lowest BCUT2D eigenvalue weighted by molar-refractivity contribution is 0.0697. The molecule has 0 fully saturated rings. The molecule has 0 aliphatic carbocycles. The van der Waals surface area contributed by atoms with Crippen LogP contribution in [0.5, 0.6) is 17.2 Å². The van der Waals surface area contributed by atoms with Crippen LogP contribution in [0.3, 0.4) is 0 Å². The minimum Gasteiger partial charge on any atom is -0.494 e. The number of rotatable bonds is 20. The van der Waals surface area contributed by atoms with Crippen LogP contribution < -0.4 is 29.7 Å². The first-order chi connectivity index (χ1) is 59.1. The quantitative estimate of drug-likeness (QED) is 0.0606. The van der Waals surface area contributed by atoms with Crippen molar-refractivity contribution >= 4 is 143 Å². The number of carbonyl (C=O) groups is 4. The SMILES string of the molecule is Cc1cc(OCCCc2c3n(c4c(-c5c(C)nn(C)c5C)c(Cl)ccc24)CCCN(c2ccc(C(=O)O)c4ncccc24)C3=O)cc(C)c1Cl.Cc1cc(OCCCc2c3n(c4c(-c5c(C)nn(C)c5C)c(Cl)ccc24)C[C@H](C)NC3=O)cc(C)c1Cl.Cc1cc(OCCCc2c3n(c4c(-c5c(C)nn(C)c5C)c(Cl)ccc24)[C@@H](C)CNC3=O)cc(C)c1Cl. The number of aryl methyl sites for hydroxylation is 16. The summed E-state index contributed by atoms with van der Waals surface area (Å²) in [6.45, 7) is 31.9. The van der Waals surface area contributed by atoms with Gasteiger partial charge in [0.2, 0.25) is 0 Å². The first-order valence-corrected chi connectivity index (χ1v) is 44.2. The summed E-state index contributed by atoms with van der Waals surface area (Å²) in [4.78, 5) is 59.8. The number of fused-ring (bicyclic) bond motifs is 10. The Hall–Kier alpha value is -10.8. The number of ether oxygens (including phenoxy) is 3. The minimum atomic E-state index is -1.07. The van der Waals surface area contributed by atoms with E-state index < -0.39 is 5.97 Å². The van der Waals surface area contributed by atoms with E-state index in [1.54, 1.807) is 23.2 Å². The maximum absolute atomic E-state index is 15.0. The van der Waals surface area contributed by atoms with Gasteiger partial charge in [0.15, 0.2) is 0 Å². The molecule has 2 atom stereocenters. The number of amides is 3. The highest BCUT2D eigenvalue weighted by atomic mass is 35.5. The van der Waals surface area contributed by atoms with Crippen molar-refractivity contribution in [3.05, 3.63) is 240 Å². The van der Waals surface area contributed by atoms with Crippen molar-refractivity contribution in [2.24, 2.45) is 21.1 Å². The molecule has 124 heavy (non-hydrogen) atoms. The number of carboxylic acid groups (broad SMARTS) is 1. The van der Waals surface area contributed by atoms with E-state index in [1.807, 2.05) is 184 Å². The average Bonchev–Trinajstić information content (AvgIpc) is 1.57. The summed E-state index contributed by atoms with van der Waals surface area (Å²) in [7, 11) is 5.81. The highest BCUT2D eigenvalue weighted by Gasteiger charge is 2.37. The minimum absolute atomic E-state index is 0.0195.